The lowest BCUT2D eigenvalue weighted by Gasteiger charge is -2.11. The highest BCUT2D eigenvalue weighted by molar-refractivity contribution is 5.90. The van der Waals surface area contributed by atoms with Crippen LogP contribution in [0, 0.1) is 0 Å². The van der Waals surface area contributed by atoms with Crippen molar-refractivity contribution in [3.8, 4) is 11.3 Å². The van der Waals surface area contributed by atoms with Gasteiger partial charge in [0, 0.05) is 40.2 Å². The monoisotopic (exact) mass is 284 g/mol. The van der Waals surface area contributed by atoms with Crippen LogP contribution in [0.4, 0.5) is 0 Å². The molecule has 21 heavy (non-hydrogen) atoms. The average molecular weight is 284 g/mol. The maximum Gasteiger partial charge on any atom is 0.358 e. The molecule has 0 bridgehead atoms. The van der Waals surface area contributed by atoms with Crippen molar-refractivity contribution in [3.05, 3.63) is 41.2 Å². The highest BCUT2D eigenvalue weighted by Gasteiger charge is 2.17. The Hall–Kier alpha value is -2.60. The zero-order valence-electron chi connectivity index (χ0n) is 11.0. The predicted octanol–water partition coefficient (Wildman–Crippen LogP) is 2.59. The third kappa shape index (κ3) is 1.92. The number of benzene rings is 1. The Labute approximate surface area is 119 Å². The molecule has 1 aromatic carbocycles. The number of hydrogen-bond donors (Lipinski definition) is 2. The van der Waals surface area contributed by atoms with Gasteiger partial charge in [-0.15, -0.1) is 0 Å². The highest BCUT2D eigenvalue weighted by Crippen LogP contribution is 2.31. The third-order valence-electron chi connectivity index (χ3n) is 3.75. The van der Waals surface area contributed by atoms with Crippen LogP contribution in [-0.4, -0.2) is 27.8 Å². The summed E-state index contributed by atoms with van der Waals surface area (Å²) in [5.74, 6) is -0.653. The van der Waals surface area contributed by atoms with Crippen LogP contribution >= 0.6 is 0 Å². The minimum atomic E-state index is -1.10. The van der Waals surface area contributed by atoms with Crippen molar-refractivity contribution in [2.24, 2.45) is 0 Å². The van der Waals surface area contributed by atoms with E-state index in [1.807, 2.05) is 18.2 Å². The summed E-state index contributed by atoms with van der Waals surface area (Å²) in [5, 5.41) is 13.5. The number of nitrogens with zero attached hydrogens (tertiary/aromatic N) is 1. The normalized spacial score (nSPS) is 14.3. The SMILES string of the molecule is O=C(O)c1cc(-c2ccc3[nH]c4c(c3c2)COCC4)on1. The lowest BCUT2D eigenvalue weighted by molar-refractivity contribution is 0.0686. The molecule has 0 aliphatic carbocycles. The minimum absolute atomic E-state index is 0.0930. The fraction of sp³-hybridized carbons (Fsp3) is 0.200. The summed E-state index contributed by atoms with van der Waals surface area (Å²) >= 11 is 0. The van der Waals surface area contributed by atoms with E-state index in [2.05, 4.69) is 10.1 Å². The van der Waals surface area contributed by atoms with E-state index in [0.717, 1.165) is 35.1 Å². The number of fused-ring (bicyclic) bond motifs is 3. The van der Waals surface area contributed by atoms with Gasteiger partial charge in [0.15, 0.2) is 11.5 Å². The Morgan fingerprint density at radius 2 is 2.24 bits per heavy atom. The molecule has 0 unspecified atom stereocenters. The van der Waals surface area contributed by atoms with Gasteiger partial charge in [-0.25, -0.2) is 4.79 Å². The van der Waals surface area contributed by atoms with Gasteiger partial charge in [0.2, 0.25) is 0 Å². The van der Waals surface area contributed by atoms with Crippen molar-refractivity contribution in [2.45, 2.75) is 13.0 Å². The topological polar surface area (TPSA) is 88.3 Å². The molecule has 0 spiro atoms. The Morgan fingerprint density at radius 1 is 1.33 bits per heavy atom. The predicted molar refractivity (Wildman–Crippen MR) is 74.1 cm³/mol. The summed E-state index contributed by atoms with van der Waals surface area (Å²) in [5.41, 5.74) is 4.12. The van der Waals surface area contributed by atoms with Gasteiger partial charge in [-0.2, -0.15) is 0 Å². The largest absolute Gasteiger partial charge is 0.476 e. The van der Waals surface area contributed by atoms with E-state index in [-0.39, 0.29) is 5.69 Å². The Bertz CT molecular complexity index is 847. The van der Waals surface area contributed by atoms with Crippen LogP contribution in [0.2, 0.25) is 0 Å². The zero-order valence-corrected chi connectivity index (χ0v) is 11.0. The van der Waals surface area contributed by atoms with E-state index in [9.17, 15) is 4.79 Å². The molecule has 106 valence electrons. The number of nitrogens with one attached hydrogen (secondary N) is 1. The number of H-pyrrole nitrogens is 1. The van der Waals surface area contributed by atoms with Crippen molar-refractivity contribution in [1.82, 2.24) is 10.1 Å². The standard InChI is InChI=1S/C15H12N2O4/c18-15(19)13-6-14(21-17-13)8-1-2-11-9(5-8)10-7-20-4-3-12(10)16-11/h1-2,5-6,16H,3-4,7H2,(H,18,19). The first-order valence-corrected chi connectivity index (χ1v) is 6.64. The minimum Gasteiger partial charge on any atom is -0.476 e. The van der Waals surface area contributed by atoms with Gasteiger partial charge in [0.25, 0.3) is 0 Å². The van der Waals surface area contributed by atoms with Crippen molar-refractivity contribution in [1.29, 1.82) is 0 Å². The third-order valence-corrected chi connectivity index (χ3v) is 3.75. The van der Waals surface area contributed by atoms with Crippen LogP contribution in [0.3, 0.4) is 0 Å². The first-order chi connectivity index (χ1) is 10.2. The lowest BCUT2D eigenvalue weighted by atomic mass is 10.0. The van der Waals surface area contributed by atoms with Gasteiger partial charge < -0.3 is 19.4 Å². The Morgan fingerprint density at radius 3 is 3.05 bits per heavy atom. The number of carboxylic acid groups (broad SMARTS) is 1. The number of rotatable bonds is 2. The summed E-state index contributed by atoms with van der Waals surface area (Å²) in [6.45, 7) is 1.33. The molecule has 1 aliphatic heterocycles. The number of hydrogen-bond acceptors (Lipinski definition) is 4. The van der Waals surface area contributed by atoms with Gasteiger partial charge in [-0.1, -0.05) is 5.16 Å². The first-order valence-electron chi connectivity index (χ1n) is 6.64. The molecule has 0 saturated heterocycles. The molecular weight excluding hydrogens is 272 g/mol. The zero-order chi connectivity index (χ0) is 14.4. The number of carbonyl (C=O) groups is 1. The highest BCUT2D eigenvalue weighted by atomic mass is 16.5. The summed E-state index contributed by atoms with van der Waals surface area (Å²) in [4.78, 5) is 14.3. The molecule has 0 saturated carbocycles. The van der Waals surface area contributed by atoms with Gasteiger partial charge >= 0.3 is 5.97 Å². The molecule has 0 radical (unpaired) electrons. The van der Waals surface area contributed by atoms with Crippen LogP contribution in [0.5, 0.6) is 0 Å². The molecular formula is C15H12N2O4. The summed E-state index contributed by atoms with van der Waals surface area (Å²) in [7, 11) is 0. The number of aromatic carboxylic acids is 1. The summed E-state index contributed by atoms with van der Waals surface area (Å²) < 4.78 is 10.6. The van der Waals surface area contributed by atoms with E-state index in [4.69, 9.17) is 14.4 Å². The Kier molecular flexibility index (Phi) is 2.58. The molecule has 3 heterocycles. The van der Waals surface area contributed by atoms with Crippen molar-refractivity contribution < 1.29 is 19.2 Å². The molecule has 0 amide bonds. The number of ether oxygens (including phenoxy) is 1. The van der Waals surface area contributed by atoms with E-state index in [0.29, 0.717) is 12.4 Å². The maximum absolute atomic E-state index is 10.9. The van der Waals surface area contributed by atoms with E-state index in [1.165, 1.54) is 11.8 Å². The van der Waals surface area contributed by atoms with Crippen molar-refractivity contribution >= 4 is 16.9 Å². The summed E-state index contributed by atoms with van der Waals surface area (Å²) in [6.07, 6.45) is 0.880. The molecule has 1 aliphatic rings. The second-order valence-corrected chi connectivity index (χ2v) is 5.03. The molecule has 3 aromatic rings. The van der Waals surface area contributed by atoms with Crippen LogP contribution < -0.4 is 0 Å². The van der Waals surface area contributed by atoms with Crippen LogP contribution in [-0.2, 0) is 17.8 Å². The molecule has 0 fully saturated rings. The lowest BCUT2D eigenvalue weighted by Crippen LogP contribution is -2.08. The number of aromatic nitrogens is 2. The second kappa shape index (κ2) is 4.46. The van der Waals surface area contributed by atoms with E-state index < -0.39 is 5.97 Å². The second-order valence-electron chi connectivity index (χ2n) is 5.03. The van der Waals surface area contributed by atoms with Crippen LogP contribution in [0.25, 0.3) is 22.2 Å². The first kappa shape index (κ1) is 12.2. The molecule has 6 heteroatoms. The van der Waals surface area contributed by atoms with Gasteiger partial charge in [0.1, 0.15) is 0 Å². The number of aromatic amines is 1. The fourth-order valence-corrected chi connectivity index (χ4v) is 2.70. The smallest absolute Gasteiger partial charge is 0.358 e. The molecule has 6 nitrogen and oxygen atoms in total. The molecule has 2 N–H and O–H groups in total. The van der Waals surface area contributed by atoms with Gasteiger partial charge in [0.05, 0.1) is 13.2 Å². The maximum atomic E-state index is 10.9. The number of carboxylic acids is 1. The fourth-order valence-electron chi connectivity index (χ4n) is 2.70. The van der Waals surface area contributed by atoms with E-state index >= 15 is 0 Å². The van der Waals surface area contributed by atoms with Crippen LogP contribution in [0.1, 0.15) is 21.7 Å². The molecule has 4 rings (SSSR count). The quantitative estimate of drug-likeness (QED) is 0.755. The average Bonchev–Trinajstić information content (AvgIpc) is 3.11. The van der Waals surface area contributed by atoms with Crippen molar-refractivity contribution in [3.63, 3.8) is 0 Å². The van der Waals surface area contributed by atoms with Crippen molar-refractivity contribution in [2.75, 3.05) is 6.61 Å². The van der Waals surface area contributed by atoms with Gasteiger partial charge in [-0.3, -0.25) is 0 Å². The van der Waals surface area contributed by atoms with Gasteiger partial charge in [-0.05, 0) is 18.2 Å². The van der Waals surface area contributed by atoms with Crippen LogP contribution in [0.15, 0.2) is 28.8 Å². The molecule has 2 aromatic heterocycles. The molecule has 0 atom stereocenters. The van der Waals surface area contributed by atoms with E-state index in [1.54, 1.807) is 0 Å². The summed E-state index contributed by atoms with van der Waals surface area (Å²) in [6, 6.07) is 7.26. The Balaban J connectivity index is 1.84.